The Balaban J connectivity index is 1.48. The van der Waals surface area contributed by atoms with Crippen LogP contribution < -0.4 is 0 Å². The van der Waals surface area contributed by atoms with E-state index in [0.29, 0.717) is 11.5 Å². The Labute approximate surface area is 97.2 Å². The summed E-state index contributed by atoms with van der Waals surface area (Å²) in [6.07, 6.45) is 3.09. The van der Waals surface area contributed by atoms with Crippen molar-refractivity contribution in [3.8, 4) is 0 Å². The number of rotatable bonds is 3. The molecular formula is C14H19NO. The quantitative estimate of drug-likeness (QED) is 0.770. The van der Waals surface area contributed by atoms with E-state index in [4.69, 9.17) is 4.74 Å². The van der Waals surface area contributed by atoms with Crippen LogP contribution in [0.5, 0.6) is 0 Å². The molecule has 2 nitrogen and oxygen atoms in total. The van der Waals surface area contributed by atoms with E-state index in [1.165, 1.54) is 31.5 Å². The molecule has 16 heavy (non-hydrogen) atoms. The van der Waals surface area contributed by atoms with Gasteiger partial charge in [-0.05, 0) is 18.4 Å². The molecule has 1 aliphatic heterocycles. The zero-order valence-corrected chi connectivity index (χ0v) is 9.86. The summed E-state index contributed by atoms with van der Waals surface area (Å²) in [6, 6.07) is 10.7. The first kappa shape index (κ1) is 10.3. The predicted octanol–water partition coefficient (Wildman–Crippen LogP) is 2.30. The Morgan fingerprint density at radius 3 is 2.56 bits per heavy atom. The number of likely N-dealkylation sites (tertiary alicyclic amines) is 1. The van der Waals surface area contributed by atoms with E-state index in [0.717, 1.165) is 6.54 Å². The minimum atomic E-state index is 0.541. The van der Waals surface area contributed by atoms with Gasteiger partial charge in [0.25, 0.3) is 0 Å². The normalized spacial score (nSPS) is 24.1. The maximum Gasteiger partial charge on any atom is 0.0583 e. The molecule has 0 bridgehead atoms. The third-order valence-electron chi connectivity index (χ3n) is 4.02. The van der Waals surface area contributed by atoms with Crippen LogP contribution in [0.2, 0.25) is 0 Å². The van der Waals surface area contributed by atoms with Gasteiger partial charge in [-0.3, -0.25) is 4.90 Å². The molecule has 0 amide bonds. The van der Waals surface area contributed by atoms with Gasteiger partial charge in [0.1, 0.15) is 0 Å². The Hall–Kier alpha value is -0.860. The summed E-state index contributed by atoms with van der Waals surface area (Å²) in [4.78, 5) is 2.54. The van der Waals surface area contributed by atoms with Gasteiger partial charge in [0.15, 0.2) is 0 Å². The molecule has 0 radical (unpaired) electrons. The van der Waals surface area contributed by atoms with Crippen molar-refractivity contribution in [3.63, 3.8) is 0 Å². The average Bonchev–Trinajstić information content (AvgIpc) is 2.21. The van der Waals surface area contributed by atoms with Crippen LogP contribution in [0.25, 0.3) is 0 Å². The minimum Gasteiger partial charge on any atom is -0.381 e. The molecule has 1 spiro atoms. The summed E-state index contributed by atoms with van der Waals surface area (Å²) < 4.78 is 5.35. The molecule has 1 saturated carbocycles. The van der Waals surface area contributed by atoms with Crippen LogP contribution in [0.4, 0.5) is 0 Å². The average molecular weight is 217 g/mol. The fourth-order valence-electron chi connectivity index (χ4n) is 3.19. The first-order valence-corrected chi connectivity index (χ1v) is 6.09. The molecule has 1 aliphatic carbocycles. The summed E-state index contributed by atoms with van der Waals surface area (Å²) >= 11 is 0. The van der Waals surface area contributed by atoms with Gasteiger partial charge in [-0.1, -0.05) is 30.3 Å². The number of hydrogen-bond donors (Lipinski definition) is 0. The molecule has 2 aliphatic rings. The topological polar surface area (TPSA) is 12.5 Å². The number of hydrogen-bond acceptors (Lipinski definition) is 2. The molecule has 2 heteroatoms. The first-order valence-electron chi connectivity index (χ1n) is 6.09. The number of methoxy groups -OCH3 is 1. The van der Waals surface area contributed by atoms with Gasteiger partial charge in [0, 0.05) is 32.2 Å². The van der Waals surface area contributed by atoms with Crippen molar-refractivity contribution >= 4 is 0 Å². The van der Waals surface area contributed by atoms with E-state index in [1.807, 2.05) is 7.11 Å². The Kier molecular flexibility index (Phi) is 2.49. The highest BCUT2D eigenvalue weighted by molar-refractivity contribution is 5.16. The number of ether oxygens (including phenoxy) is 1. The largest absolute Gasteiger partial charge is 0.381 e. The number of benzene rings is 1. The molecule has 86 valence electrons. The minimum absolute atomic E-state index is 0.541. The summed E-state index contributed by atoms with van der Waals surface area (Å²) in [5, 5.41) is 0. The van der Waals surface area contributed by atoms with Crippen LogP contribution in [-0.2, 0) is 11.3 Å². The molecule has 1 aromatic carbocycles. The summed E-state index contributed by atoms with van der Waals surface area (Å²) in [7, 11) is 1.83. The van der Waals surface area contributed by atoms with Crippen molar-refractivity contribution in [3.05, 3.63) is 35.9 Å². The fraction of sp³-hybridized carbons (Fsp3) is 0.571. The molecular weight excluding hydrogens is 198 g/mol. The van der Waals surface area contributed by atoms with Gasteiger partial charge in [-0.2, -0.15) is 0 Å². The second-order valence-corrected chi connectivity index (χ2v) is 5.40. The smallest absolute Gasteiger partial charge is 0.0583 e. The van der Waals surface area contributed by atoms with Gasteiger partial charge < -0.3 is 4.74 Å². The molecule has 1 heterocycles. The lowest BCUT2D eigenvalue weighted by Crippen LogP contribution is -2.63. The molecule has 1 saturated heterocycles. The second kappa shape index (κ2) is 3.86. The summed E-state index contributed by atoms with van der Waals surface area (Å²) in [6.45, 7) is 3.64. The Morgan fingerprint density at radius 2 is 1.94 bits per heavy atom. The lowest BCUT2D eigenvalue weighted by Gasteiger charge is -2.58. The lowest BCUT2D eigenvalue weighted by molar-refractivity contribution is -0.142. The molecule has 0 aromatic heterocycles. The van der Waals surface area contributed by atoms with E-state index in [-0.39, 0.29) is 0 Å². The third-order valence-corrected chi connectivity index (χ3v) is 4.02. The molecule has 1 aromatic rings. The van der Waals surface area contributed by atoms with Crippen LogP contribution in [0.15, 0.2) is 30.3 Å². The monoisotopic (exact) mass is 217 g/mol. The van der Waals surface area contributed by atoms with E-state index in [1.54, 1.807) is 0 Å². The second-order valence-electron chi connectivity index (χ2n) is 5.40. The first-order chi connectivity index (χ1) is 7.80. The lowest BCUT2D eigenvalue weighted by atomic mass is 9.61. The number of nitrogens with zero attached hydrogens (tertiary/aromatic N) is 1. The zero-order valence-electron chi connectivity index (χ0n) is 9.86. The van der Waals surface area contributed by atoms with Crippen LogP contribution in [-0.4, -0.2) is 31.2 Å². The van der Waals surface area contributed by atoms with Gasteiger partial charge in [-0.25, -0.2) is 0 Å². The van der Waals surface area contributed by atoms with E-state index in [2.05, 4.69) is 35.2 Å². The van der Waals surface area contributed by atoms with Crippen molar-refractivity contribution in [2.24, 2.45) is 5.41 Å². The van der Waals surface area contributed by atoms with E-state index in [9.17, 15) is 0 Å². The standard InChI is InChI=1S/C14H19NO/c1-16-13-7-14(8-13)10-15(11-14)9-12-5-3-2-4-6-12/h2-6,13H,7-11H2,1H3. The molecule has 0 N–H and O–H groups in total. The highest BCUT2D eigenvalue weighted by Gasteiger charge is 2.52. The third kappa shape index (κ3) is 1.76. The highest BCUT2D eigenvalue weighted by atomic mass is 16.5. The van der Waals surface area contributed by atoms with Crippen molar-refractivity contribution < 1.29 is 4.74 Å². The molecule has 3 rings (SSSR count). The van der Waals surface area contributed by atoms with Crippen LogP contribution in [0.3, 0.4) is 0 Å². The van der Waals surface area contributed by atoms with Gasteiger partial charge in [0.05, 0.1) is 6.10 Å². The van der Waals surface area contributed by atoms with E-state index >= 15 is 0 Å². The van der Waals surface area contributed by atoms with Gasteiger partial charge in [-0.15, -0.1) is 0 Å². The SMILES string of the molecule is COC1CC2(C1)CN(Cc1ccccc1)C2. The van der Waals surface area contributed by atoms with Crippen LogP contribution in [0.1, 0.15) is 18.4 Å². The van der Waals surface area contributed by atoms with Crippen molar-refractivity contribution in [1.82, 2.24) is 4.90 Å². The van der Waals surface area contributed by atoms with Gasteiger partial charge >= 0.3 is 0 Å². The summed E-state index contributed by atoms with van der Waals surface area (Å²) in [5.74, 6) is 0. The van der Waals surface area contributed by atoms with Crippen molar-refractivity contribution in [2.45, 2.75) is 25.5 Å². The Morgan fingerprint density at radius 1 is 1.25 bits per heavy atom. The van der Waals surface area contributed by atoms with Crippen LogP contribution >= 0.6 is 0 Å². The molecule has 2 fully saturated rings. The highest BCUT2D eigenvalue weighted by Crippen LogP contribution is 2.49. The van der Waals surface area contributed by atoms with Crippen molar-refractivity contribution in [2.75, 3.05) is 20.2 Å². The summed E-state index contributed by atoms with van der Waals surface area (Å²) in [5.41, 5.74) is 2.05. The Bertz CT molecular complexity index is 348. The maximum atomic E-state index is 5.35. The predicted molar refractivity (Wildman–Crippen MR) is 64.2 cm³/mol. The van der Waals surface area contributed by atoms with Gasteiger partial charge in [0.2, 0.25) is 0 Å². The maximum absolute atomic E-state index is 5.35. The molecule has 0 unspecified atom stereocenters. The fourth-order valence-corrected chi connectivity index (χ4v) is 3.19. The van der Waals surface area contributed by atoms with Crippen molar-refractivity contribution in [1.29, 1.82) is 0 Å². The van der Waals surface area contributed by atoms with E-state index < -0.39 is 0 Å². The molecule has 0 atom stereocenters. The zero-order chi connectivity index (χ0) is 11.0. The van der Waals surface area contributed by atoms with Crippen LogP contribution in [0, 0.1) is 5.41 Å².